The third kappa shape index (κ3) is 4.03. The van der Waals surface area contributed by atoms with Gasteiger partial charge in [-0.2, -0.15) is 0 Å². The molecule has 4 heteroatoms. The summed E-state index contributed by atoms with van der Waals surface area (Å²) in [6.07, 6.45) is 8.59. The fourth-order valence-corrected chi connectivity index (χ4v) is 1.04. The lowest BCUT2D eigenvalue weighted by molar-refractivity contribution is 1.01. The molecule has 13 heavy (non-hydrogen) atoms. The van der Waals surface area contributed by atoms with Gasteiger partial charge in [0.05, 0.1) is 4.47 Å². The summed E-state index contributed by atoms with van der Waals surface area (Å²) in [6, 6.07) is 0. The van der Waals surface area contributed by atoms with E-state index in [4.69, 9.17) is 0 Å². The van der Waals surface area contributed by atoms with Gasteiger partial charge in [0.15, 0.2) is 0 Å². The molecule has 0 spiro atoms. The van der Waals surface area contributed by atoms with Crippen LogP contribution in [0, 0.1) is 0 Å². The minimum Gasteiger partial charge on any atom is -0.354 e. The van der Waals surface area contributed by atoms with E-state index in [1.54, 1.807) is 12.4 Å². The van der Waals surface area contributed by atoms with Crippen LogP contribution in [0.3, 0.4) is 0 Å². The van der Waals surface area contributed by atoms with Crippen LogP contribution in [-0.4, -0.2) is 16.5 Å². The summed E-state index contributed by atoms with van der Waals surface area (Å²) in [4.78, 5) is 8.17. The zero-order chi connectivity index (χ0) is 9.52. The second-order valence-electron chi connectivity index (χ2n) is 2.51. The van der Waals surface area contributed by atoms with Crippen molar-refractivity contribution in [1.29, 1.82) is 0 Å². The van der Waals surface area contributed by atoms with Gasteiger partial charge in [-0.3, -0.25) is 0 Å². The number of rotatable bonds is 4. The third-order valence-electron chi connectivity index (χ3n) is 1.45. The van der Waals surface area contributed by atoms with Gasteiger partial charge in [-0.15, -0.1) is 0 Å². The lowest BCUT2D eigenvalue weighted by atomic mass is 10.4. The van der Waals surface area contributed by atoms with Crippen molar-refractivity contribution in [3.8, 4) is 0 Å². The summed E-state index contributed by atoms with van der Waals surface area (Å²) in [7, 11) is 0. The van der Waals surface area contributed by atoms with E-state index < -0.39 is 0 Å². The van der Waals surface area contributed by atoms with Crippen molar-refractivity contribution in [2.75, 3.05) is 11.9 Å². The van der Waals surface area contributed by atoms with E-state index in [1.165, 1.54) is 0 Å². The molecule has 0 radical (unpaired) electrons. The molecule has 1 N–H and O–H groups in total. The molecule has 0 aliphatic carbocycles. The predicted octanol–water partition coefficient (Wildman–Crippen LogP) is 2.62. The Bertz CT molecular complexity index is 269. The first-order chi connectivity index (χ1) is 6.33. The maximum atomic E-state index is 4.08. The zero-order valence-electron chi connectivity index (χ0n) is 7.50. The number of hydrogen-bond acceptors (Lipinski definition) is 3. The summed E-state index contributed by atoms with van der Waals surface area (Å²) in [5.41, 5.74) is 0. The monoisotopic (exact) mass is 241 g/mol. The standard InChI is InChI=1S/C9H12BrN3/c1-2-3-4-5-11-9-12-6-8(10)7-13-9/h2-3,6-7H,4-5H2,1H3,(H,11,12,13)/b3-2+. The fourth-order valence-electron chi connectivity index (χ4n) is 0.838. The topological polar surface area (TPSA) is 37.8 Å². The van der Waals surface area contributed by atoms with E-state index in [2.05, 4.69) is 37.3 Å². The second-order valence-corrected chi connectivity index (χ2v) is 3.43. The van der Waals surface area contributed by atoms with Crippen molar-refractivity contribution in [2.45, 2.75) is 13.3 Å². The molecule has 1 aromatic heterocycles. The lowest BCUT2D eigenvalue weighted by Gasteiger charge is -2.01. The van der Waals surface area contributed by atoms with Crippen LogP contribution >= 0.6 is 15.9 Å². The van der Waals surface area contributed by atoms with Crippen LogP contribution in [0.15, 0.2) is 29.0 Å². The summed E-state index contributed by atoms with van der Waals surface area (Å²) >= 11 is 3.27. The number of anilines is 1. The van der Waals surface area contributed by atoms with Gasteiger partial charge >= 0.3 is 0 Å². The smallest absolute Gasteiger partial charge is 0.222 e. The van der Waals surface area contributed by atoms with Crippen LogP contribution in [0.5, 0.6) is 0 Å². The molecule has 0 aliphatic rings. The molecule has 0 amide bonds. The first-order valence-electron chi connectivity index (χ1n) is 4.15. The number of halogens is 1. The Morgan fingerprint density at radius 1 is 1.46 bits per heavy atom. The van der Waals surface area contributed by atoms with Crippen molar-refractivity contribution in [1.82, 2.24) is 9.97 Å². The highest BCUT2D eigenvalue weighted by Gasteiger charge is 1.92. The molecule has 3 nitrogen and oxygen atoms in total. The van der Waals surface area contributed by atoms with Crippen molar-refractivity contribution in [3.63, 3.8) is 0 Å². The Labute approximate surface area is 86.4 Å². The van der Waals surface area contributed by atoms with Crippen molar-refractivity contribution >= 4 is 21.9 Å². The summed E-state index contributed by atoms with van der Waals surface area (Å²) in [6.45, 7) is 2.88. The van der Waals surface area contributed by atoms with Crippen LogP contribution in [0.2, 0.25) is 0 Å². The summed E-state index contributed by atoms with van der Waals surface area (Å²) in [5, 5.41) is 3.11. The molecule has 0 saturated carbocycles. The Balaban J connectivity index is 2.33. The van der Waals surface area contributed by atoms with Crippen LogP contribution < -0.4 is 5.32 Å². The molecule has 1 aromatic rings. The van der Waals surface area contributed by atoms with Crippen molar-refractivity contribution < 1.29 is 0 Å². The Kier molecular flexibility index (Phi) is 4.46. The van der Waals surface area contributed by atoms with E-state index in [1.807, 2.05) is 13.0 Å². The summed E-state index contributed by atoms with van der Waals surface area (Å²) < 4.78 is 0.895. The fraction of sp³-hybridized carbons (Fsp3) is 0.333. The van der Waals surface area contributed by atoms with Crippen molar-refractivity contribution in [2.24, 2.45) is 0 Å². The molecule has 0 fully saturated rings. The van der Waals surface area contributed by atoms with Gasteiger partial charge in [-0.25, -0.2) is 9.97 Å². The molecule has 0 saturated heterocycles. The maximum absolute atomic E-state index is 4.08. The molecule has 0 aliphatic heterocycles. The maximum Gasteiger partial charge on any atom is 0.222 e. The number of allylic oxidation sites excluding steroid dienone is 1. The SMILES string of the molecule is C/C=C/CCNc1ncc(Br)cn1. The highest BCUT2D eigenvalue weighted by molar-refractivity contribution is 9.10. The van der Waals surface area contributed by atoms with Gasteiger partial charge in [0.25, 0.3) is 0 Å². The van der Waals surface area contributed by atoms with Gasteiger partial charge in [0.2, 0.25) is 5.95 Å². The third-order valence-corrected chi connectivity index (χ3v) is 1.86. The molecular weight excluding hydrogens is 230 g/mol. The first-order valence-corrected chi connectivity index (χ1v) is 4.95. The first kappa shape index (κ1) is 10.2. The predicted molar refractivity (Wildman–Crippen MR) is 57.7 cm³/mol. The Morgan fingerprint density at radius 2 is 2.15 bits per heavy atom. The van der Waals surface area contributed by atoms with Crippen LogP contribution in [0.4, 0.5) is 5.95 Å². The molecule has 1 rings (SSSR count). The summed E-state index contributed by atoms with van der Waals surface area (Å²) in [5.74, 6) is 0.674. The van der Waals surface area contributed by atoms with Crippen LogP contribution in [0.25, 0.3) is 0 Å². The number of aromatic nitrogens is 2. The van der Waals surface area contributed by atoms with E-state index in [9.17, 15) is 0 Å². The highest BCUT2D eigenvalue weighted by atomic mass is 79.9. The van der Waals surface area contributed by atoms with Gasteiger partial charge in [-0.05, 0) is 29.3 Å². The molecule has 0 unspecified atom stereocenters. The largest absolute Gasteiger partial charge is 0.354 e. The molecule has 0 bridgehead atoms. The molecule has 70 valence electrons. The van der Waals surface area contributed by atoms with Gasteiger partial charge in [-0.1, -0.05) is 12.2 Å². The number of nitrogens with zero attached hydrogens (tertiary/aromatic N) is 2. The van der Waals surface area contributed by atoms with Crippen LogP contribution in [-0.2, 0) is 0 Å². The van der Waals surface area contributed by atoms with E-state index in [-0.39, 0.29) is 0 Å². The van der Waals surface area contributed by atoms with E-state index in [0.29, 0.717) is 5.95 Å². The highest BCUT2D eigenvalue weighted by Crippen LogP contribution is 2.06. The minimum atomic E-state index is 0.674. The molecule has 0 atom stereocenters. The van der Waals surface area contributed by atoms with E-state index >= 15 is 0 Å². The molecular formula is C9H12BrN3. The Hall–Kier alpha value is -0.900. The van der Waals surface area contributed by atoms with Crippen LogP contribution in [0.1, 0.15) is 13.3 Å². The number of nitrogens with one attached hydrogen (secondary N) is 1. The average Bonchev–Trinajstić information content (AvgIpc) is 2.15. The Morgan fingerprint density at radius 3 is 2.77 bits per heavy atom. The number of hydrogen-bond donors (Lipinski definition) is 1. The van der Waals surface area contributed by atoms with Gasteiger partial charge < -0.3 is 5.32 Å². The molecule has 1 heterocycles. The minimum absolute atomic E-state index is 0.674. The van der Waals surface area contributed by atoms with Gasteiger partial charge in [0.1, 0.15) is 0 Å². The van der Waals surface area contributed by atoms with Gasteiger partial charge in [0, 0.05) is 18.9 Å². The zero-order valence-corrected chi connectivity index (χ0v) is 9.08. The van der Waals surface area contributed by atoms with Crippen molar-refractivity contribution in [3.05, 3.63) is 29.0 Å². The average molecular weight is 242 g/mol. The molecule has 0 aromatic carbocycles. The quantitative estimate of drug-likeness (QED) is 0.651. The normalized spacial score (nSPS) is 10.6. The lowest BCUT2D eigenvalue weighted by Crippen LogP contribution is -2.03. The second kappa shape index (κ2) is 5.70. The van der Waals surface area contributed by atoms with E-state index in [0.717, 1.165) is 17.4 Å².